The van der Waals surface area contributed by atoms with E-state index in [4.69, 9.17) is 10.5 Å². The van der Waals surface area contributed by atoms with E-state index in [2.05, 4.69) is 39.5 Å². The summed E-state index contributed by atoms with van der Waals surface area (Å²) < 4.78 is 5.82. The molecule has 0 unspecified atom stereocenters. The lowest BCUT2D eigenvalue weighted by Crippen LogP contribution is -2.27. The summed E-state index contributed by atoms with van der Waals surface area (Å²) in [6.07, 6.45) is 1.87. The number of anilines is 1. The van der Waals surface area contributed by atoms with Gasteiger partial charge in [0.2, 0.25) is 5.91 Å². The Morgan fingerprint density at radius 3 is 2.21 bits per heavy atom. The number of hydrogen-bond donors (Lipinski definition) is 1. The fourth-order valence-electron chi connectivity index (χ4n) is 2.04. The molecule has 1 radical (unpaired) electrons. The molecule has 1 aromatic rings. The standard InChI is InChI=1S/C20H31N2O2/c1-15(2)13-22(12-11-16(3)19(21)23)17-7-9-18(10-8-17)24-14-20(4,5)6/h7-11H,12-14H2,1-6H3,(H2,21,23). The molecule has 0 spiro atoms. The van der Waals surface area contributed by atoms with E-state index < -0.39 is 0 Å². The summed E-state index contributed by atoms with van der Waals surface area (Å²) in [7, 11) is 0. The normalized spacial score (nSPS) is 12.4. The summed E-state index contributed by atoms with van der Waals surface area (Å²) in [5.41, 5.74) is 7.11. The van der Waals surface area contributed by atoms with Gasteiger partial charge in [-0.25, -0.2) is 0 Å². The van der Waals surface area contributed by atoms with Crippen LogP contribution in [0.4, 0.5) is 5.69 Å². The van der Waals surface area contributed by atoms with Crippen molar-refractivity contribution in [1.82, 2.24) is 0 Å². The minimum atomic E-state index is -0.377. The van der Waals surface area contributed by atoms with E-state index in [0.717, 1.165) is 18.0 Å². The summed E-state index contributed by atoms with van der Waals surface area (Å²) in [5, 5.41) is 0. The predicted molar refractivity (Wildman–Crippen MR) is 101 cm³/mol. The van der Waals surface area contributed by atoms with Gasteiger partial charge in [0.15, 0.2) is 0 Å². The molecule has 1 aromatic carbocycles. The zero-order valence-electron chi connectivity index (χ0n) is 15.8. The summed E-state index contributed by atoms with van der Waals surface area (Å²) in [6.45, 7) is 14.5. The van der Waals surface area contributed by atoms with Gasteiger partial charge in [0.05, 0.1) is 6.61 Å². The third-order valence-corrected chi connectivity index (χ3v) is 3.39. The number of carbonyl (C=O) groups is 1. The fourth-order valence-corrected chi connectivity index (χ4v) is 2.04. The van der Waals surface area contributed by atoms with E-state index in [1.54, 1.807) is 6.92 Å². The predicted octanol–water partition coefficient (Wildman–Crippen LogP) is 3.96. The molecule has 4 nitrogen and oxygen atoms in total. The average Bonchev–Trinajstić information content (AvgIpc) is 2.48. The van der Waals surface area contributed by atoms with Crippen LogP contribution in [-0.2, 0) is 4.79 Å². The first-order valence-corrected chi connectivity index (χ1v) is 8.32. The first kappa shape index (κ1) is 20.1. The first-order valence-electron chi connectivity index (χ1n) is 8.32. The van der Waals surface area contributed by atoms with Crippen LogP contribution in [-0.4, -0.2) is 25.6 Å². The van der Waals surface area contributed by atoms with Crippen molar-refractivity contribution in [2.75, 3.05) is 24.6 Å². The molecule has 0 atom stereocenters. The van der Waals surface area contributed by atoms with Gasteiger partial charge in [-0.3, -0.25) is 4.79 Å². The van der Waals surface area contributed by atoms with Gasteiger partial charge in [0.1, 0.15) is 5.75 Å². The minimum absolute atomic E-state index is 0.135. The van der Waals surface area contributed by atoms with Crippen LogP contribution in [0.15, 0.2) is 35.9 Å². The average molecular weight is 331 g/mol. The van der Waals surface area contributed by atoms with Gasteiger partial charge in [-0.2, -0.15) is 0 Å². The number of ether oxygens (including phenoxy) is 1. The third-order valence-electron chi connectivity index (χ3n) is 3.39. The van der Waals surface area contributed by atoms with Crippen molar-refractivity contribution < 1.29 is 9.53 Å². The van der Waals surface area contributed by atoms with Crippen LogP contribution >= 0.6 is 0 Å². The molecular formula is C20H31N2O2. The van der Waals surface area contributed by atoms with Gasteiger partial charge in [-0.05, 0) is 42.5 Å². The molecule has 0 saturated heterocycles. The van der Waals surface area contributed by atoms with Gasteiger partial charge in [-0.1, -0.05) is 40.7 Å². The molecule has 4 heteroatoms. The van der Waals surface area contributed by atoms with E-state index in [1.165, 1.54) is 5.92 Å². The van der Waals surface area contributed by atoms with Crippen molar-refractivity contribution in [2.24, 2.45) is 11.1 Å². The SMILES string of the molecule is C[C](C)CN(CC=C(C)C(N)=O)c1ccc(OCC(C)(C)C)cc1. The number of carbonyl (C=O) groups excluding carboxylic acids is 1. The van der Waals surface area contributed by atoms with Gasteiger partial charge in [0, 0.05) is 24.4 Å². The summed E-state index contributed by atoms with van der Waals surface area (Å²) in [5.74, 6) is 1.79. The second-order valence-corrected chi connectivity index (χ2v) is 7.68. The Morgan fingerprint density at radius 1 is 1.17 bits per heavy atom. The van der Waals surface area contributed by atoms with Crippen molar-refractivity contribution in [2.45, 2.75) is 41.5 Å². The van der Waals surface area contributed by atoms with Crippen molar-refractivity contribution in [3.05, 3.63) is 41.8 Å². The van der Waals surface area contributed by atoms with Gasteiger partial charge < -0.3 is 15.4 Å². The molecule has 0 fully saturated rings. The summed E-state index contributed by atoms with van der Waals surface area (Å²) >= 11 is 0. The molecule has 24 heavy (non-hydrogen) atoms. The number of nitrogens with two attached hydrogens (primary N) is 1. The minimum Gasteiger partial charge on any atom is -0.493 e. The maximum atomic E-state index is 11.2. The molecule has 0 aromatic heterocycles. The van der Waals surface area contributed by atoms with Crippen LogP contribution < -0.4 is 15.4 Å². The molecule has 133 valence electrons. The Bertz CT molecular complexity index is 554. The van der Waals surface area contributed by atoms with E-state index in [9.17, 15) is 4.79 Å². The van der Waals surface area contributed by atoms with Gasteiger partial charge in [0.25, 0.3) is 0 Å². The molecule has 0 aliphatic rings. The number of nitrogens with zero attached hydrogens (tertiary/aromatic N) is 1. The zero-order chi connectivity index (χ0) is 18.3. The number of primary amides is 1. The Labute approximate surface area is 146 Å². The van der Waals surface area contributed by atoms with Crippen molar-refractivity contribution >= 4 is 11.6 Å². The van der Waals surface area contributed by atoms with Gasteiger partial charge >= 0.3 is 0 Å². The van der Waals surface area contributed by atoms with E-state index in [-0.39, 0.29) is 11.3 Å². The maximum Gasteiger partial charge on any atom is 0.244 e. The number of hydrogen-bond acceptors (Lipinski definition) is 3. The molecule has 2 N–H and O–H groups in total. The lowest BCUT2D eigenvalue weighted by atomic mass is 9.99. The highest BCUT2D eigenvalue weighted by Crippen LogP contribution is 2.23. The molecule has 1 rings (SSSR count). The van der Waals surface area contributed by atoms with Crippen LogP contribution in [0.3, 0.4) is 0 Å². The monoisotopic (exact) mass is 331 g/mol. The highest BCUT2D eigenvalue weighted by atomic mass is 16.5. The lowest BCUT2D eigenvalue weighted by Gasteiger charge is -2.26. The molecule has 0 saturated carbocycles. The van der Waals surface area contributed by atoms with Crippen LogP contribution in [0.25, 0.3) is 0 Å². The highest BCUT2D eigenvalue weighted by Gasteiger charge is 2.12. The Hall–Kier alpha value is -1.97. The maximum absolute atomic E-state index is 11.2. The first-order chi connectivity index (χ1) is 11.1. The lowest BCUT2D eigenvalue weighted by molar-refractivity contribution is -0.114. The topological polar surface area (TPSA) is 55.6 Å². The van der Waals surface area contributed by atoms with Crippen LogP contribution in [0.2, 0.25) is 0 Å². The van der Waals surface area contributed by atoms with Crippen LogP contribution in [0.1, 0.15) is 41.5 Å². The Morgan fingerprint density at radius 2 is 1.75 bits per heavy atom. The second-order valence-electron chi connectivity index (χ2n) is 7.68. The third kappa shape index (κ3) is 7.53. The highest BCUT2D eigenvalue weighted by molar-refractivity contribution is 5.91. The van der Waals surface area contributed by atoms with Crippen molar-refractivity contribution in [1.29, 1.82) is 0 Å². The summed E-state index contributed by atoms with van der Waals surface area (Å²) in [4.78, 5) is 13.4. The van der Waals surface area contributed by atoms with E-state index in [1.807, 2.05) is 30.3 Å². The fraction of sp³-hybridized carbons (Fsp3) is 0.500. The van der Waals surface area contributed by atoms with Crippen molar-refractivity contribution in [3.63, 3.8) is 0 Å². The number of amides is 1. The molecule has 0 bridgehead atoms. The van der Waals surface area contributed by atoms with Crippen molar-refractivity contribution in [3.8, 4) is 5.75 Å². The zero-order valence-corrected chi connectivity index (χ0v) is 15.8. The largest absolute Gasteiger partial charge is 0.493 e. The number of benzene rings is 1. The molecular weight excluding hydrogens is 300 g/mol. The number of rotatable bonds is 8. The molecule has 0 heterocycles. The summed E-state index contributed by atoms with van der Waals surface area (Å²) in [6, 6.07) is 8.08. The molecule has 0 aliphatic carbocycles. The van der Waals surface area contributed by atoms with Gasteiger partial charge in [-0.15, -0.1) is 0 Å². The quantitative estimate of drug-likeness (QED) is 0.734. The Kier molecular flexibility index (Phi) is 7.33. The molecule has 0 aliphatic heterocycles. The van der Waals surface area contributed by atoms with E-state index in [0.29, 0.717) is 18.7 Å². The molecule has 1 amide bonds. The smallest absolute Gasteiger partial charge is 0.244 e. The Balaban J connectivity index is 2.83. The van der Waals surface area contributed by atoms with Crippen LogP contribution in [0, 0.1) is 11.3 Å². The van der Waals surface area contributed by atoms with Crippen LogP contribution in [0.5, 0.6) is 5.75 Å². The second kappa shape index (κ2) is 8.76. The van der Waals surface area contributed by atoms with E-state index >= 15 is 0 Å².